The van der Waals surface area contributed by atoms with Crippen LogP contribution in [0.1, 0.15) is 9.80 Å². The monoisotopic (exact) mass is 503 g/mol. The number of anilines is 2. The highest BCUT2D eigenvalue weighted by Crippen LogP contribution is 2.33. The van der Waals surface area contributed by atoms with Gasteiger partial charge in [-0.25, -0.2) is 19.3 Å². The van der Waals surface area contributed by atoms with Gasteiger partial charge in [0.05, 0.1) is 24.8 Å². The van der Waals surface area contributed by atoms with Crippen LogP contribution in [0.25, 0.3) is 10.3 Å². The number of aromatic nitrogens is 3. The van der Waals surface area contributed by atoms with Crippen molar-refractivity contribution in [2.75, 3.05) is 31.7 Å². The van der Waals surface area contributed by atoms with Gasteiger partial charge in [-0.2, -0.15) is 0 Å². The van der Waals surface area contributed by atoms with E-state index in [-0.39, 0.29) is 37.3 Å². The van der Waals surface area contributed by atoms with E-state index in [1.807, 2.05) is 0 Å². The smallest absolute Gasteiger partial charge is 0.280 e. The third-order valence-corrected chi connectivity index (χ3v) is 5.63. The first-order valence-electron chi connectivity index (χ1n) is 10.1. The molecule has 0 saturated carbocycles. The van der Waals surface area contributed by atoms with Crippen LogP contribution in [0.3, 0.4) is 0 Å². The molecule has 0 radical (unpaired) electrons. The molecule has 0 fully saturated rings. The summed E-state index contributed by atoms with van der Waals surface area (Å²) in [6, 6.07) is 10.8. The average molecular weight is 504 g/mol. The molecule has 0 aliphatic carbocycles. The van der Waals surface area contributed by atoms with Crippen LogP contribution in [0.5, 0.6) is 11.5 Å². The molecule has 34 heavy (non-hydrogen) atoms. The summed E-state index contributed by atoms with van der Waals surface area (Å²) in [4.78, 5) is 25.7. The molecule has 2 aromatic heterocycles. The van der Waals surface area contributed by atoms with Crippen molar-refractivity contribution in [1.82, 2.24) is 20.3 Å². The number of hydrogen-bond acceptors (Lipinski definition) is 9. The highest BCUT2D eigenvalue weighted by Gasteiger charge is 2.16. The van der Waals surface area contributed by atoms with E-state index in [2.05, 4.69) is 25.6 Å². The van der Waals surface area contributed by atoms with E-state index in [0.29, 0.717) is 38.4 Å². The second-order valence-electron chi connectivity index (χ2n) is 6.82. The van der Waals surface area contributed by atoms with E-state index in [4.69, 9.17) is 26.2 Å². The first-order valence-corrected chi connectivity index (χ1v) is 11.3. The van der Waals surface area contributed by atoms with Gasteiger partial charge in [0, 0.05) is 18.3 Å². The number of halogens is 2. The summed E-state index contributed by atoms with van der Waals surface area (Å²) >= 11 is 7.48. The van der Waals surface area contributed by atoms with Gasteiger partial charge in [-0.15, -0.1) is 0 Å². The van der Waals surface area contributed by atoms with Crippen LogP contribution >= 0.6 is 22.9 Å². The highest BCUT2D eigenvalue weighted by atomic mass is 35.5. The molecule has 1 amide bonds. The Hall–Kier alpha value is -3.38. The van der Waals surface area contributed by atoms with Crippen LogP contribution in [0.4, 0.5) is 15.9 Å². The maximum atomic E-state index is 13.4. The van der Waals surface area contributed by atoms with E-state index in [1.54, 1.807) is 30.3 Å². The van der Waals surface area contributed by atoms with Gasteiger partial charge in [0.15, 0.2) is 10.8 Å². The second kappa shape index (κ2) is 11.2. The van der Waals surface area contributed by atoms with E-state index in [9.17, 15) is 9.18 Å². The number of amides is 1. The average Bonchev–Trinajstić information content (AvgIpc) is 3.26. The third-order valence-electron chi connectivity index (χ3n) is 4.38. The standard InChI is InChI=1S/C22H19ClFN5O4S/c23-16-11-14(4-5-17(16)33-15-3-1-2-13(24)10-15)28-19-18-21(27-12-26-19)34-22(29-18)20(31)25-6-8-32-9-7-30/h1-5,10-12,30H,6-9H2,(H,25,31)(H,26,27,28). The molecule has 4 rings (SSSR count). The lowest BCUT2D eigenvalue weighted by atomic mass is 10.3. The van der Waals surface area contributed by atoms with Crippen molar-refractivity contribution in [2.24, 2.45) is 0 Å². The molecule has 4 aromatic rings. The Kier molecular flexibility index (Phi) is 7.80. The lowest BCUT2D eigenvalue weighted by Gasteiger charge is -2.10. The number of aliphatic hydroxyl groups is 1. The fourth-order valence-electron chi connectivity index (χ4n) is 2.88. The number of hydrogen-bond donors (Lipinski definition) is 3. The number of thiazole rings is 1. The molecule has 0 atom stereocenters. The Morgan fingerprint density at radius 3 is 2.85 bits per heavy atom. The van der Waals surface area contributed by atoms with E-state index in [1.165, 1.54) is 18.5 Å². The second-order valence-corrected chi connectivity index (χ2v) is 8.20. The molecule has 0 unspecified atom stereocenters. The van der Waals surface area contributed by atoms with Crippen LogP contribution in [0, 0.1) is 5.82 Å². The topological polar surface area (TPSA) is 118 Å². The molecule has 12 heteroatoms. The van der Waals surface area contributed by atoms with Crippen molar-refractivity contribution in [1.29, 1.82) is 0 Å². The molecule has 0 aliphatic rings. The number of fused-ring (bicyclic) bond motifs is 1. The van der Waals surface area contributed by atoms with Gasteiger partial charge >= 0.3 is 0 Å². The van der Waals surface area contributed by atoms with E-state index in [0.717, 1.165) is 11.3 Å². The normalized spacial score (nSPS) is 10.9. The summed E-state index contributed by atoms with van der Waals surface area (Å²) in [5, 5.41) is 15.1. The quantitative estimate of drug-likeness (QED) is 0.276. The minimum absolute atomic E-state index is 0.0752. The van der Waals surface area contributed by atoms with E-state index < -0.39 is 5.82 Å². The SMILES string of the molecule is O=C(NCCOCCO)c1nc2c(Nc3ccc(Oc4cccc(F)c4)c(Cl)c3)ncnc2s1. The summed E-state index contributed by atoms with van der Waals surface area (Å²) in [5.74, 6) is 0.325. The predicted octanol–water partition coefficient (Wildman–Crippen LogP) is 4.15. The molecule has 2 heterocycles. The molecule has 0 aliphatic heterocycles. The van der Waals surface area contributed by atoms with Gasteiger partial charge in [0.2, 0.25) is 0 Å². The van der Waals surface area contributed by atoms with Crippen LogP contribution in [-0.4, -0.2) is 52.3 Å². The lowest BCUT2D eigenvalue weighted by Crippen LogP contribution is -2.27. The number of carbonyl (C=O) groups is 1. The van der Waals surface area contributed by atoms with Gasteiger partial charge in [-0.3, -0.25) is 4.79 Å². The molecule has 176 valence electrons. The number of nitrogens with one attached hydrogen (secondary N) is 2. The largest absolute Gasteiger partial charge is 0.456 e. The number of benzene rings is 2. The maximum absolute atomic E-state index is 13.4. The first kappa shape index (κ1) is 23.8. The molecule has 2 aromatic carbocycles. The molecule has 0 bridgehead atoms. The Balaban J connectivity index is 1.46. The number of nitrogens with zero attached hydrogens (tertiary/aromatic N) is 3. The molecule has 0 saturated heterocycles. The number of rotatable bonds is 10. The Morgan fingerprint density at radius 2 is 2.06 bits per heavy atom. The van der Waals surface area contributed by atoms with Crippen LogP contribution < -0.4 is 15.4 Å². The predicted molar refractivity (Wildman–Crippen MR) is 127 cm³/mol. The number of ether oxygens (including phenoxy) is 2. The zero-order valence-corrected chi connectivity index (χ0v) is 19.2. The van der Waals surface area contributed by atoms with Crippen LogP contribution in [0.2, 0.25) is 5.02 Å². The number of carbonyl (C=O) groups excluding carboxylic acids is 1. The zero-order valence-electron chi connectivity index (χ0n) is 17.6. The summed E-state index contributed by atoms with van der Waals surface area (Å²) in [6.07, 6.45) is 1.37. The molecular weight excluding hydrogens is 485 g/mol. The summed E-state index contributed by atoms with van der Waals surface area (Å²) in [6.45, 7) is 0.704. The summed E-state index contributed by atoms with van der Waals surface area (Å²) < 4.78 is 24.1. The van der Waals surface area contributed by atoms with Crippen molar-refractivity contribution < 1.29 is 23.8 Å². The minimum atomic E-state index is -0.411. The van der Waals surface area contributed by atoms with Crippen molar-refractivity contribution in [2.45, 2.75) is 0 Å². The van der Waals surface area contributed by atoms with Crippen molar-refractivity contribution in [3.8, 4) is 11.5 Å². The summed E-state index contributed by atoms with van der Waals surface area (Å²) in [5.41, 5.74) is 1.04. The van der Waals surface area contributed by atoms with E-state index >= 15 is 0 Å². The van der Waals surface area contributed by atoms with Crippen molar-refractivity contribution in [3.05, 3.63) is 64.6 Å². The third kappa shape index (κ3) is 5.94. The summed E-state index contributed by atoms with van der Waals surface area (Å²) in [7, 11) is 0. The fourth-order valence-corrected chi connectivity index (χ4v) is 3.92. The Morgan fingerprint density at radius 1 is 1.18 bits per heavy atom. The molecule has 9 nitrogen and oxygen atoms in total. The van der Waals surface area contributed by atoms with Crippen molar-refractivity contribution in [3.63, 3.8) is 0 Å². The minimum Gasteiger partial charge on any atom is -0.456 e. The van der Waals surface area contributed by atoms with Gasteiger partial charge < -0.3 is 25.2 Å². The van der Waals surface area contributed by atoms with Gasteiger partial charge in [0.25, 0.3) is 5.91 Å². The van der Waals surface area contributed by atoms with Crippen molar-refractivity contribution >= 4 is 50.7 Å². The Labute approximate surface area is 202 Å². The fraction of sp³-hybridized carbons (Fsp3) is 0.182. The highest BCUT2D eigenvalue weighted by molar-refractivity contribution is 7.19. The number of aliphatic hydroxyl groups excluding tert-OH is 1. The van der Waals surface area contributed by atoms with Gasteiger partial charge in [0.1, 0.15) is 34.0 Å². The molecule has 3 N–H and O–H groups in total. The van der Waals surface area contributed by atoms with Crippen LogP contribution in [-0.2, 0) is 4.74 Å². The lowest BCUT2D eigenvalue weighted by molar-refractivity contribution is 0.0838. The van der Waals surface area contributed by atoms with Crippen LogP contribution in [0.15, 0.2) is 48.8 Å². The Bertz CT molecular complexity index is 1310. The van der Waals surface area contributed by atoms with Gasteiger partial charge in [-0.1, -0.05) is 29.0 Å². The zero-order chi connectivity index (χ0) is 23.9. The van der Waals surface area contributed by atoms with Gasteiger partial charge in [-0.05, 0) is 30.3 Å². The first-order chi connectivity index (χ1) is 16.5. The molecule has 0 spiro atoms. The maximum Gasteiger partial charge on any atom is 0.280 e. The molecular formula is C22H19ClFN5O4S.